The Morgan fingerprint density at radius 2 is 2.31 bits per heavy atom. The van der Waals surface area contributed by atoms with Gasteiger partial charge in [0, 0.05) is 12.6 Å². The molecule has 1 fully saturated rings. The molecule has 0 saturated heterocycles. The number of H-pyrrole nitrogens is 1. The van der Waals surface area contributed by atoms with Crippen LogP contribution in [0.2, 0.25) is 0 Å². The number of nitrogens with one attached hydrogen (secondary N) is 1. The minimum absolute atomic E-state index is 0.0677. The van der Waals surface area contributed by atoms with Crippen LogP contribution in [0.3, 0.4) is 0 Å². The number of hydrogen-bond donors (Lipinski definition) is 2. The fourth-order valence-corrected chi connectivity index (χ4v) is 2.17. The van der Waals surface area contributed by atoms with E-state index < -0.39 is 17.1 Å². The van der Waals surface area contributed by atoms with E-state index in [9.17, 15) is 14.0 Å². The number of hydrogen-bond acceptors (Lipinski definition) is 3. The van der Waals surface area contributed by atoms with Crippen LogP contribution in [0.1, 0.15) is 19.4 Å². The Morgan fingerprint density at radius 3 is 2.88 bits per heavy atom. The molecule has 0 amide bonds. The van der Waals surface area contributed by atoms with E-state index in [-0.39, 0.29) is 24.5 Å². The molecule has 0 aliphatic heterocycles. The van der Waals surface area contributed by atoms with Gasteiger partial charge in [-0.3, -0.25) is 14.3 Å². The van der Waals surface area contributed by atoms with Gasteiger partial charge in [-0.1, -0.05) is 6.92 Å². The molecular weight excluding hydrogens is 215 g/mol. The third-order valence-electron chi connectivity index (χ3n) is 3.41. The molecule has 16 heavy (non-hydrogen) atoms. The predicted octanol–water partition coefficient (Wildman–Crippen LogP) is -0.135. The fourth-order valence-electron chi connectivity index (χ4n) is 2.17. The number of rotatable bonds is 2. The monoisotopic (exact) mass is 228 g/mol. The zero-order valence-corrected chi connectivity index (χ0v) is 8.81. The highest BCUT2D eigenvalue weighted by Crippen LogP contribution is 2.42. The molecule has 3 atom stereocenters. The van der Waals surface area contributed by atoms with Crippen molar-refractivity contribution < 1.29 is 9.50 Å². The maximum atomic E-state index is 13.0. The van der Waals surface area contributed by atoms with E-state index in [0.717, 1.165) is 6.20 Å². The van der Waals surface area contributed by atoms with Crippen molar-refractivity contribution in [1.82, 2.24) is 9.55 Å². The molecule has 1 heterocycles. The minimum atomic E-state index is -0.994. The van der Waals surface area contributed by atoms with Gasteiger partial charge < -0.3 is 5.11 Å². The number of nitrogens with zero attached hydrogens (tertiary/aromatic N) is 1. The largest absolute Gasteiger partial charge is 0.396 e. The Kier molecular flexibility index (Phi) is 2.67. The van der Waals surface area contributed by atoms with E-state index in [1.807, 2.05) is 11.9 Å². The number of aliphatic hydroxyl groups excluding tert-OH is 1. The second-order valence-electron chi connectivity index (χ2n) is 4.25. The Balaban J connectivity index is 2.33. The van der Waals surface area contributed by atoms with Crippen LogP contribution in [-0.4, -0.2) is 21.3 Å². The lowest BCUT2D eigenvalue weighted by molar-refractivity contribution is 0.0391. The summed E-state index contributed by atoms with van der Waals surface area (Å²) < 4.78 is 14.2. The number of aromatic nitrogens is 2. The zero-order valence-electron chi connectivity index (χ0n) is 8.81. The van der Waals surface area contributed by atoms with Gasteiger partial charge in [-0.2, -0.15) is 4.39 Å². The molecule has 0 spiro atoms. The number of aliphatic hydroxyl groups is 1. The van der Waals surface area contributed by atoms with Gasteiger partial charge >= 0.3 is 5.69 Å². The lowest BCUT2D eigenvalue weighted by Crippen LogP contribution is -2.44. The molecule has 0 radical (unpaired) electrons. The quantitative estimate of drug-likeness (QED) is 0.740. The predicted molar refractivity (Wildman–Crippen MR) is 54.7 cm³/mol. The van der Waals surface area contributed by atoms with Gasteiger partial charge in [0.1, 0.15) is 0 Å². The van der Waals surface area contributed by atoms with Gasteiger partial charge in [-0.25, -0.2) is 4.79 Å². The molecule has 1 aromatic heterocycles. The fraction of sp³-hybridized carbons (Fsp3) is 0.600. The van der Waals surface area contributed by atoms with Crippen LogP contribution >= 0.6 is 0 Å². The van der Waals surface area contributed by atoms with Crippen LogP contribution in [0, 0.1) is 17.7 Å². The second kappa shape index (κ2) is 3.86. The summed E-state index contributed by atoms with van der Waals surface area (Å²) in [5, 5.41) is 8.97. The van der Waals surface area contributed by atoms with Crippen molar-refractivity contribution in [3.05, 3.63) is 32.9 Å². The van der Waals surface area contributed by atoms with Gasteiger partial charge in [-0.05, 0) is 18.3 Å². The first-order chi connectivity index (χ1) is 7.54. The molecule has 0 bridgehead atoms. The van der Waals surface area contributed by atoms with E-state index in [4.69, 9.17) is 5.11 Å². The van der Waals surface area contributed by atoms with E-state index in [0.29, 0.717) is 6.42 Å². The maximum absolute atomic E-state index is 13.0. The van der Waals surface area contributed by atoms with Crippen LogP contribution < -0.4 is 11.2 Å². The van der Waals surface area contributed by atoms with Gasteiger partial charge in [0.15, 0.2) is 0 Å². The third-order valence-corrected chi connectivity index (χ3v) is 3.41. The van der Waals surface area contributed by atoms with Gasteiger partial charge in [0.05, 0.1) is 6.20 Å². The maximum Gasteiger partial charge on any atom is 0.328 e. The molecule has 2 N–H and O–H groups in total. The first-order valence-electron chi connectivity index (χ1n) is 5.16. The first kappa shape index (κ1) is 11.1. The molecular formula is C10H13FN2O3. The van der Waals surface area contributed by atoms with Crippen molar-refractivity contribution in [3.63, 3.8) is 0 Å². The summed E-state index contributed by atoms with van der Waals surface area (Å²) in [4.78, 5) is 24.2. The third kappa shape index (κ3) is 1.59. The van der Waals surface area contributed by atoms with Gasteiger partial charge in [-0.15, -0.1) is 0 Å². The van der Waals surface area contributed by atoms with Crippen LogP contribution in [0.5, 0.6) is 0 Å². The molecule has 2 rings (SSSR count). The molecule has 1 aromatic rings. The Bertz CT molecular complexity index is 508. The van der Waals surface area contributed by atoms with Crippen molar-refractivity contribution in [2.75, 3.05) is 6.61 Å². The van der Waals surface area contributed by atoms with Crippen LogP contribution in [0.25, 0.3) is 0 Å². The topological polar surface area (TPSA) is 75.1 Å². The molecule has 0 aromatic carbocycles. The van der Waals surface area contributed by atoms with Crippen LogP contribution in [0.4, 0.5) is 4.39 Å². The van der Waals surface area contributed by atoms with Crippen LogP contribution in [0.15, 0.2) is 15.8 Å². The highest BCUT2D eigenvalue weighted by atomic mass is 19.1. The van der Waals surface area contributed by atoms with E-state index in [2.05, 4.69) is 0 Å². The molecule has 1 aliphatic carbocycles. The molecule has 88 valence electrons. The van der Waals surface area contributed by atoms with Crippen molar-refractivity contribution in [1.29, 1.82) is 0 Å². The summed E-state index contributed by atoms with van der Waals surface area (Å²) in [6.07, 6.45) is 1.57. The SMILES string of the molecule is C[C@H]1[C@H](CO)C[C@@H]1n1cc(F)c(=O)[nH]c1=O. The minimum Gasteiger partial charge on any atom is -0.396 e. The van der Waals surface area contributed by atoms with E-state index in [1.54, 1.807) is 0 Å². The lowest BCUT2D eigenvalue weighted by Gasteiger charge is -2.42. The molecule has 1 aliphatic rings. The summed E-state index contributed by atoms with van der Waals surface area (Å²) in [6.45, 7) is 1.96. The molecule has 1 saturated carbocycles. The zero-order chi connectivity index (χ0) is 11.9. The summed E-state index contributed by atoms with van der Waals surface area (Å²) in [5.74, 6) is -0.709. The van der Waals surface area contributed by atoms with Crippen LogP contribution in [-0.2, 0) is 0 Å². The summed E-state index contributed by atoms with van der Waals surface area (Å²) in [7, 11) is 0. The standard InChI is InChI=1S/C10H13FN2O3/c1-5-6(4-14)2-8(5)13-3-7(11)9(15)12-10(13)16/h3,5-6,8,14H,2,4H2,1H3,(H,12,15,16)/t5-,6-,8-/m0/s1. The molecule has 0 unspecified atom stereocenters. The molecule has 5 nitrogen and oxygen atoms in total. The van der Waals surface area contributed by atoms with E-state index >= 15 is 0 Å². The van der Waals surface area contributed by atoms with Gasteiger partial charge in [0.25, 0.3) is 5.56 Å². The van der Waals surface area contributed by atoms with Crippen molar-refractivity contribution in [2.24, 2.45) is 11.8 Å². The first-order valence-corrected chi connectivity index (χ1v) is 5.16. The average Bonchev–Trinajstić information content (AvgIpc) is 2.24. The van der Waals surface area contributed by atoms with Crippen molar-refractivity contribution in [3.8, 4) is 0 Å². The normalized spacial score (nSPS) is 28.8. The Labute approximate surface area is 90.5 Å². The smallest absolute Gasteiger partial charge is 0.328 e. The summed E-state index contributed by atoms with van der Waals surface area (Å²) in [5.41, 5.74) is -1.59. The number of aromatic amines is 1. The van der Waals surface area contributed by atoms with Crippen molar-refractivity contribution >= 4 is 0 Å². The summed E-state index contributed by atoms with van der Waals surface area (Å²) in [6, 6.07) is -0.143. The Morgan fingerprint density at radius 1 is 1.62 bits per heavy atom. The highest BCUT2D eigenvalue weighted by molar-refractivity contribution is 4.96. The summed E-state index contributed by atoms with van der Waals surface area (Å²) >= 11 is 0. The average molecular weight is 228 g/mol. The lowest BCUT2D eigenvalue weighted by atomic mass is 9.70. The van der Waals surface area contributed by atoms with E-state index in [1.165, 1.54) is 4.57 Å². The second-order valence-corrected chi connectivity index (χ2v) is 4.25. The highest BCUT2D eigenvalue weighted by Gasteiger charge is 2.38. The van der Waals surface area contributed by atoms with Crippen molar-refractivity contribution in [2.45, 2.75) is 19.4 Å². The molecule has 6 heteroatoms. The van der Waals surface area contributed by atoms with Gasteiger partial charge in [0.2, 0.25) is 5.82 Å². The Hall–Kier alpha value is -1.43. The number of halogens is 1.